The summed E-state index contributed by atoms with van der Waals surface area (Å²) in [6.07, 6.45) is 6.61. The standard InChI is InChI=1S/C19H25N5OS.C3H7N/c1-13-12-25-8-7-24(13)17-11-15(19(2)5-3-9-26-19)22-18(23-17)14-4-6-21-16(20)10-14;4-3-1-2-3/h4,6,10-11,13H,3,5,7-9,12H2,1-2H3,(H2,20,21);3H,1-2,4H2. The number of ether oxygens (including phenoxy) is 1. The number of nitrogens with zero attached hydrogens (tertiary/aromatic N) is 4. The molecule has 8 heteroatoms. The third-order valence-corrected chi connectivity index (χ3v) is 7.34. The van der Waals surface area contributed by atoms with Crippen molar-refractivity contribution in [3.8, 4) is 11.4 Å². The number of nitrogen functional groups attached to an aromatic ring is 1. The van der Waals surface area contributed by atoms with E-state index in [2.05, 4.69) is 29.8 Å². The van der Waals surface area contributed by atoms with E-state index >= 15 is 0 Å². The topological polar surface area (TPSA) is 103 Å². The lowest BCUT2D eigenvalue weighted by atomic mass is 10.0. The van der Waals surface area contributed by atoms with Gasteiger partial charge < -0.3 is 21.1 Å². The Hall–Kier alpha value is -1.90. The number of anilines is 2. The number of morpholine rings is 1. The molecule has 162 valence electrons. The minimum atomic E-state index is 0.0422. The molecule has 0 spiro atoms. The number of hydrogen-bond acceptors (Lipinski definition) is 8. The van der Waals surface area contributed by atoms with Gasteiger partial charge in [-0.15, -0.1) is 11.8 Å². The lowest BCUT2D eigenvalue weighted by molar-refractivity contribution is 0.0985. The smallest absolute Gasteiger partial charge is 0.162 e. The Balaban J connectivity index is 0.000000489. The van der Waals surface area contributed by atoms with Gasteiger partial charge in [0, 0.05) is 30.4 Å². The minimum absolute atomic E-state index is 0.0422. The molecule has 30 heavy (non-hydrogen) atoms. The van der Waals surface area contributed by atoms with Gasteiger partial charge in [-0.2, -0.15) is 0 Å². The van der Waals surface area contributed by atoms with Gasteiger partial charge in [0.1, 0.15) is 11.6 Å². The van der Waals surface area contributed by atoms with Crippen LogP contribution in [-0.2, 0) is 9.48 Å². The van der Waals surface area contributed by atoms with Crippen LogP contribution < -0.4 is 16.4 Å². The molecular formula is C22H32N6OS. The molecule has 0 radical (unpaired) electrons. The number of aromatic nitrogens is 3. The van der Waals surface area contributed by atoms with Crippen molar-refractivity contribution in [2.24, 2.45) is 5.73 Å². The molecule has 2 atom stereocenters. The molecule has 0 aromatic carbocycles. The summed E-state index contributed by atoms with van der Waals surface area (Å²) >= 11 is 1.99. The van der Waals surface area contributed by atoms with E-state index in [-0.39, 0.29) is 4.75 Å². The first kappa shape index (κ1) is 21.3. The summed E-state index contributed by atoms with van der Waals surface area (Å²) in [5.74, 6) is 3.37. The number of nitrogens with two attached hydrogens (primary N) is 2. The van der Waals surface area contributed by atoms with Crippen molar-refractivity contribution in [1.82, 2.24) is 15.0 Å². The Morgan fingerprint density at radius 1 is 1.27 bits per heavy atom. The average molecular weight is 429 g/mol. The molecule has 4 N–H and O–H groups in total. The molecule has 2 unspecified atom stereocenters. The van der Waals surface area contributed by atoms with Gasteiger partial charge in [0.05, 0.1) is 29.7 Å². The SMILES string of the molecule is CC1COCCN1c1cc(C2(C)CCCS2)nc(-c2ccnc(N)c2)n1.NC1CC1. The lowest BCUT2D eigenvalue weighted by Gasteiger charge is -2.35. The Morgan fingerprint density at radius 2 is 2.07 bits per heavy atom. The Morgan fingerprint density at radius 3 is 2.70 bits per heavy atom. The highest BCUT2D eigenvalue weighted by Crippen LogP contribution is 2.46. The molecule has 3 fully saturated rings. The summed E-state index contributed by atoms with van der Waals surface area (Å²) in [6, 6.07) is 6.82. The highest BCUT2D eigenvalue weighted by Gasteiger charge is 2.34. The molecular weight excluding hydrogens is 396 g/mol. The van der Waals surface area contributed by atoms with Crippen LogP contribution in [0, 0.1) is 0 Å². The van der Waals surface area contributed by atoms with Crippen LogP contribution in [0.5, 0.6) is 0 Å². The quantitative estimate of drug-likeness (QED) is 0.768. The number of rotatable bonds is 3. The van der Waals surface area contributed by atoms with Gasteiger partial charge in [0.2, 0.25) is 0 Å². The van der Waals surface area contributed by atoms with E-state index in [1.165, 1.54) is 25.0 Å². The zero-order chi connectivity index (χ0) is 21.1. The fourth-order valence-corrected chi connectivity index (χ4v) is 4.99. The fourth-order valence-electron chi connectivity index (χ4n) is 3.71. The molecule has 0 bridgehead atoms. The van der Waals surface area contributed by atoms with E-state index in [1.54, 1.807) is 6.20 Å². The van der Waals surface area contributed by atoms with Crippen molar-refractivity contribution in [3.63, 3.8) is 0 Å². The van der Waals surface area contributed by atoms with Gasteiger partial charge >= 0.3 is 0 Å². The number of thioether (sulfide) groups is 1. The third kappa shape index (κ3) is 5.04. The molecule has 7 nitrogen and oxygen atoms in total. The van der Waals surface area contributed by atoms with Gasteiger partial charge in [-0.25, -0.2) is 15.0 Å². The van der Waals surface area contributed by atoms with Crippen LogP contribution in [0.4, 0.5) is 11.6 Å². The second kappa shape index (κ2) is 9.08. The van der Waals surface area contributed by atoms with Crippen LogP contribution in [0.1, 0.15) is 45.2 Å². The highest BCUT2D eigenvalue weighted by atomic mass is 32.2. The summed E-state index contributed by atoms with van der Waals surface area (Å²) in [7, 11) is 0. The van der Waals surface area contributed by atoms with E-state index < -0.39 is 0 Å². The second-order valence-corrected chi connectivity index (χ2v) is 10.1. The molecule has 3 aliphatic rings. The van der Waals surface area contributed by atoms with Crippen molar-refractivity contribution >= 4 is 23.4 Å². The van der Waals surface area contributed by atoms with Gasteiger partial charge in [0.15, 0.2) is 5.82 Å². The van der Waals surface area contributed by atoms with Crippen LogP contribution in [0.15, 0.2) is 24.4 Å². The lowest BCUT2D eigenvalue weighted by Crippen LogP contribution is -2.44. The molecule has 5 rings (SSSR count). The predicted molar refractivity (Wildman–Crippen MR) is 124 cm³/mol. The van der Waals surface area contributed by atoms with Crippen LogP contribution in [0.2, 0.25) is 0 Å². The molecule has 2 saturated heterocycles. The van der Waals surface area contributed by atoms with Crippen LogP contribution in [0.25, 0.3) is 11.4 Å². The van der Waals surface area contributed by atoms with Gasteiger partial charge in [-0.1, -0.05) is 0 Å². The van der Waals surface area contributed by atoms with Crippen molar-refractivity contribution in [2.75, 3.05) is 36.1 Å². The second-order valence-electron chi connectivity index (χ2n) is 8.54. The maximum Gasteiger partial charge on any atom is 0.162 e. The first-order chi connectivity index (χ1) is 14.4. The zero-order valence-corrected chi connectivity index (χ0v) is 18.7. The van der Waals surface area contributed by atoms with E-state index in [4.69, 9.17) is 26.2 Å². The first-order valence-electron chi connectivity index (χ1n) is 10.8. The van der Waals surface area contributed by atoms with Crippen molar-refractivity contribution in [2.45, 2.75) is 56.4 Å². The molecule has 4 heterocycles. The van der Waals surface area contributed by atoms with E-state index in [9.17, 15) is 0 Å². The fraction of sp³-hybridized carbons (Fsp3) is 0.591. The Bertz CT molecular complexity index is 868. The molecule has 2 aromatic rings. The molecule has 1 aliphatic carbocycles. The average Bonchev–Trinajstić information content (AvgIpc) is 3.40. The Labute approximate surface area is 183 Å². The monoisotopic (exact) mass is 428 g/mol. The normalized spacial score (nSPS) is 26.2. The van der Waals surface area contributed by atoms with Crippen molar-refractivity contribution in [3.05, 3.63) is 30.1 Å². The largest absolute Gasteiger partial charge is 0.384 e. The molecule has 0 amide bonds. The van der Waals surface area contributed by atoms with Gasteiger partial charge in [0.25, 0.3) is 0 Å². The number of pyridine rings is 1. The first-order valence-corrected chi connectivity index (χ1v) is 11.8. The van der Waals surface area contributed by atoms with Crippen molar-refractivity contribution in [1.29, 1.82) is 0 Å². The van der Waals surface area contributed by atoms with Crippen LogP contribution in [-0.4, -0.2) is 52.5 Å². The van der Waals surface area contributed by atoms with E-state index in [0.29, 0.717) is 17.9 Å². The zero-order valence-electron chi connectivity index (χ0n) is 17.9. The van der Waals surface area contributed by atoms with Crippen LogP contribution >= 0.6 is 11.8 Å². The van der Waals surface area contributed by atoms with Gasteiger partial charge in [-0.05, 0) is 57.4 Å². The van der Waals surface area contributed by atoms with E-state index in [1.807, 2.05) is 23.9 Å². The van der Waals surface area contributed by atoms with E-state index in [0.717, 1.165) is 49.1 Å². The maximum absolute atomic E-state index is 5.89. The number of hydrogen-bond donors (Lipinski definition) is 2. The summed E-state index contributed by atoms with van der Waals surface area (Å²) in [5.41, 5.74) is 13.1. The summed E-state index contributed by atoms with van der Waals surface area (Å²) in [6.45, 7) is 6.77. The highest BCUT2D eigenvalue weighted by molar-refractivity contribution is 8.00. The Kier molecular flexibility index (Phi) is 6.46. The van der Waals surface area contributed by atoms with Gasteiger partial charge in [-0.3, -0.25) is 0 Å². The molecule has 2 aliphatic heterocycles. The third-order valence-electron chi connectivity index (χ3n) is 5.80. The molecule has 2 aromatic heterocycles. The minimum Gasteiger partial charge on any atom is -0.384 e. The van der Waals surface area contributed by atoms with Crippen LogP contribution in [0.3, 0.4) is 0 Å². The predicted octanol–water partition coefficient (Wildman–Crippen LogP) is 3.20. The van der Waals surface area contributed by atoms with Crippen molar-refractivity contribution < 1.29 is 4.74 Å². The summed E-state index contributed by atoms with van der Waals surface area (Å²) in [4.78, 5) is 16.3. The summed E-state index contributed by atoms with van der Waals surface area (Å²) < 4.78 is 5.64. The molecule has 1 saturated carbocycles. The maximum atomic E-state index is 5.89. The summed E-state index contributed by atoms with van der Waals surface area (Å²) in [5, 5.41) is 0.